The third-order valence-electron chi connectivity index (χ3n) is 6.25. The lowest BCUT2D eigenvalue weighted by Crippen LogP contribution is -2.29. The SMILES string of the molecule is Cc1ccc(/C(O)=C2/C(=O)C(=O)N(c3ccccc3)C2c2ccc(OCc3ccccc3)cc2)cc1. The molecule has 5 nitrogen and oxygen atoms in total. The van der Waals surface area contributed by atoms with E-state index in [0.717, 1.165) is 11.1 Å². The number of Topliss-reactive ketones (excluding diaryl/α,β-unsaturated/α-hetero) is 1. The lowest BCUT2D eigenvalue weighted by molar-refractivity contribution is -0.132. The molecule has 4 aromatic rings. The van der Waals surface area contributed by atoms with Crippen LogP contribution < -0.4 is 9.64 Å². The monoisotopic (exact) mass is 475 g/mol. The minimum absolute atomic E-state index is 0.0608. The Bertz CT molecular complexity index is 1410. The Morgan fingerprint density at radius 1 is 0.806 bits per heavy atom. The van der Waals surface area contributed by atoms with Crippen molar-refractivity contribution in [2.75, 3.05) is 4.90 Å². The van der Waals surface area contributed by atoms with E-state index in [4.69, 9.17) is 4.74 Å². The van der Waals surface area contributed by atoms with E-state index in [1.807, 2.05) is 91.9 Å². The number of rotatable bonds is 6. The van der Waals surface area contributed by atoms with Crippen LogP contribution in [0.2, 0.25) is 0 Å². The van der Waals surface area contributed by atoms with Crippen LogP contribution in [0.1, 0.15) is 28.3 Å². The summed E-state index contributed by atoms with van der Waals surface area (Å²) in [6, 6.07) is 32.6. The maximum atomic E-state index is 13.2. The van der Waals surface area contributed by atoms with Crippen molar-refractivity contribution in [1.82, 2.24) is 0 Å². The first-order valence-corrected chi connectivity index (χ1v) is 11.7. The number of hydrogen-bond acceptors (Lipinski definition) is 4. The van der Waals surface area contributed by atoms with Gasteiger partial charge in [-0.05, 0) is 42.3 Å². The van der Waals surface area contributed by atoms with Crippen LogP contribution in [0.25, 0.3) is 5.76 Å². The second-order valence-corrected chi connectivity index (χ2v) is 8.71. The lowest BCUT2D eigenvalue weighted by atomic mass is 9.95. The van der Waals surface area contributed by atoms with Gasteiger partial charge in [0.1, 0.15) is 18.1 Å². The van der Waals surface area contributed by atoms with E-state index in [1.165, 1.54) is 4.90 Å². The van der Waals surface area contributed by atoms with Crippen molar-refractivity contribution in [2.24, 2.45) is 0 Å². The summed E-state index contributed by atoms with van der Waals surface area (Å²) in [4.78, 5) is 27.9. The van der Waals surface area contributed by atoms with Crippen LogP contribution in [0.5, 0.6) is 5.75 Å². The van der Waals surface area contributed by atoms with Gasteiger partial charge in [-0.1, -0.05) is 90.5 Å². The predicted octanol–water partition coefficient (Wildman–Crippen LogP) is 6.20. The lowest BCUT2D eigenvalue weighted by Gasteiger charge is -2.25. The molecule has 0 aromatic heterocycles. The molecule has 0 spiro atoms. The maximum Gasteiger partial charge on any atom is 0.300 e. The number of aliphatic hydroxyl groups is 1. The Kier molecular flexibility index (Phi) is 6.37. The predicted molar refractivity (Wildman–Crippen MR) is 140 cm³/mol. The molecular formula is C31H25NO4. The van der Waals surface area contributed by atoms with Gasteiger partial charge in [-0.3, -0.25) is 14.5 Å². The molecule has 4 aromatic carbocycles. The zero-order valence-electron chi connectivity index (χ0n) is 19.8. The molecule has 1 atom stereocenters. The Labute approximate surface area is 209 Å². The number of carbonyl (C=O) groups is 2. The zero-order chi connectivity index (χ0) is 25.1. The Morgan fingerprint density at radius 3 is 2.06 bits per heavy atom. The normalized spacial score (nSPS) is 16.8. The molecule has 1 fully saturated rings. The minimum Gasteiger partial charge on any atom is -0.507 e. The van der Waals surface area contributed by atoms with E-state index < -0.39 is 17.7 Å². The summed E-state index contributed by atoms with van der Waals surface area (Å²) in [5, 5.41) is 11.2. The minimum atomic E-state index is -0.781. The van der Waals surface area contributed by atoms with Crippen LogP contribution in [-0.2, 0) is 16.2 Å². The van der Waals surface area contributed by atoms with Crippen molar-refractivity contribution in [3.05, 3.63) is 137 Å². The number of aryl methyl sites for hydroxylation is 1. The topological polar surface area (TPSA) is 66.8 Å². The third-order valence-corrected chi connectivity index (χ3v) is 6.25. The number of carbonyl (C=O) groups excluding carboxylic acids is 2. The highest BCUT2D eigenvalue weighted by molar-refractivity contribution is 6.51. The molecule has 1 unspecified atom stereocenters. The first kappa shape index (κ1) is 23.1. The number of nitrogens with zero attached hydrogens (tertiary/aromatic N) is 1. The van der Waals surface area contributed by atoms with Gasteiger partial charge < -0.3 is 9.84 Å². The zero-order valence-corrected chi connectivity index (χ0v) is 19.8. The van der Waals surface area contributed by atoms with Gasteiger partial charge in [0.15, 0.2) is 0 Å². The van der Waals surface area contributed by atoms with Gasteiger partial charge in [0.25, 0.3) is 11.7 Å². The molecule has 0 radical (unpaired) electrons. The number of anilines is 1. The third kappa shape index (κ3) is 4.51. The molecule has 1 aliphatic rings. The average Bonchev–Trinajstić information content (AvgIpc) is 3.19. The van der Waals surface area contributed by atoms with Crippen molar-refractivity contribution in [3.63, 3.8) is 0 Å². The van der Waals surface area contributed by atoms with Crippen LogP contribution in [0.4, 0.5) is 5.69 Å². The number of hydrogen-bond donors (Lipinski definition) is 1. The summed E-state index contributed by atoms with van der Waals surface area (Å²) in [6.07, 6.45) is 0. The van der Waals surface area contributed by atoms with Gasteiger partial charge >= 0.3 is 0 Å². The highest BCUT2D eigenvalue weighted by atomic mass is 16.5. The summed E-state index contributed by atoms with van der Waals surface area (Å²) in [5.41, 5.74) is 3.90. The number of amides is 1. The fourth-order valence-corrected chi connectivity index (χ4v) is 4.36. The van der Waals surface area contributed by atoms with Crippen molar-refractivity contribution in [3.8, 4) is 5.75 Å². The number of ether oxygens (including phenoxy) is 1. The molecule has 36 heavy (non-hydrogen) atoms. The van der Waals surface area contributed by atoms with Gasteiger partial charge in [-0.25, -0.2) is 0 Å². The smallest absolute Gasteiger partial charge is 0.300 e. The molecule has 5 heteroatoms. The number of benzene rings is 4. The van der Waals surface area contributed by atoms with Crippen LogP contribution in [0, 0.1) is 6.92 Å². The first-order chi connectivity index (χ1) is 17.5. The fraction of sp³-hybridized carbons (Fsp3) is 0.0968. The van der Waals surface area contributed by atoms with Gasteiger partial charge in [0.05, 0.1) is 11.6 Å². The summed E-state index contributed by atoms with van der Waals surface area (Å²) in [5.74, 6) is -0.922. The molecular weight excluding hydrogens is 450 g/mol. The molecule has 0 bridgehead atoms. The molecule has 1 aliphatic heterocycles. The second kappa shape index (κ2) is 9.92. The van der Waals surface area contributed by atoms with Crippen molar-refractivity contribution >= 4 is 23.1 Å². The number of aliphatic hydroxyl groups excluding tert-OH is 1. The van der Waals surface area contributed by atoms with Gasteiger partial charge in [-0.2, -0.15) is 0 Å². The molecule has 178 valence electrons. The van der Waals surface area contributed by atoms with Crippen LogP contribution in [0.15, 0.2) is 115 Å². The molecule has 1 N–H and O–H groups in total. The van der Waals surface area contributed by atoms with E-state index in [9.17, 15) is 14.7 Å². The average molecular weight is 476 g/mol. The molecule has 1 saturated heterocycles. The standard InChI is InChI=1S/C31H25NO4/c1-21-12-14-24(15-13-21)29(33)27-28(32(31(35)30(27)34)25-10-6-3-7-11-25)23-16-18-26(19-17-23)36-20-22-8-4-2-5-9-22/h2-19,28,33H,20H2,1H3/b29-27-. The first-order valence-electron chi connectivity index (χ1n) is 11.7. The van der Waals surface area contributed by atoms with E-state index in [-0.39, 0.29) is 11.3 Å². The van der Waals surface area contributed by atoms with Crippen LogP contribution in [0.3, 0.4) is 0 Å². The molecule has 1 amide bonds. The fourth-order valence-electron chi connectivity index (χ4n) is 4.36. The summed E-state index contributed by atoms with van der Waals surface area (Å²) in [6.45, 7) is 2.37. The van der Waals surface area contributed by atoms with Crippen molar-refractivity contribution < 1.29 is 19.4 Å². The van der Waals surface area contributed by atoms with E-state index >= 15 is 0 Å². The largest absolute Gasteiger partial charge is 0.507 e. The molecule has 0 saturated carbocycles. The van der Waals surface area contributed by atoms with Crippen LogP contribution in [-0.4, -0.2) is 16.8 Å². The van der Waals surface area contributed by atoms with Gasteiger partial charge in [-0.15, -0.1) is 0 Å². The number of para-hydroxylation sites is 1. The molecule has 1 heterocycles. The van der Waals surface area contributed by atoms with Crippen molar-refractivity contribution in [1.29, 1.82) is 0 Å². The second-order valence-electron chi connectivity index (χ2n) is 8.71. The molecule has 5 rings (SSSR count). The Morgan fingerprint density at radius 2 is 1.42 bits per heavy atom. The van der Waals surface area contributed by atoms with Gasteiger partial charge in [0.2, 0.25) is 0 Å². The quantitative estimate of drug-likeness (QED) is 0.205. The summed E-state index contributed by atoms with van der Waals surface area (Å²) < 4.78 is 5.91. The summed E-state index contributed by atoms with van der Waals surface area (Å²) >= 11 is 0. The van der Waals surface area contributed by atoms with Crippen molar-refractivity contribution in [2.45, 2.75) is 19.6 Å². The Balaban J connectivity index is 1.54. The van der Waals surface area contributed by atoms with E-state index in [0.29, 0.717) is 29.2 Å². The maximum absolute atomic E-state index is 13.2. The van der Waals surface area contributed by atoms with Gasteiger partial charge in [0, 0.05) is 11.3 Å². The highest BCUT2D eigenvalue weighted by Crippen LogP contribution is 2.42. The van der Waals surface area contributed by atoms with E-state index in [1.54, 1.807) is 24.3 Å². The van der Waals surface area contributed by atoms with E-state index in [2.05, 4.69) is 0 Å². The Hall–Kier alpha value is -4.64. The highest BCUT2D eigenvalue weighted by Gasteiger charge is 2.46. The summed E-state index contributed by atoms with van der Waals surface area (Å²) in [7, 11) is 0. The van der Waals surface area contributed by atoms with Crippen LogP contribution >= 0.6 is 0 Å². The number of ketones is 1. The molecule has 0 aliphatic carbocycles.